The van der Waals surface area contributed by atoms with E-state index in [-0.39, 0.29) is 47.6 Å². The van der Waals surface area contributed by atoms with Crippen LogP contribution in [0, 0.1) is 0 Å². The SMILES string of the molecule is CC(=O)OC(NC(=O)CCCC=O)C1=C(C(=O)O)N2C(=O)C[C@H]2SC1. The van der Waals surface area contributed by atoms with Gasteiger partial charge in [0.2, 0.25) is 18.0 Å². The van der Waals surface area contributed by atoms with Gasteiger partial charge in [-0.25, -0.2) is 4.79 Å². The third-order valence-electron chi connectivity index (χ3n) is 3.70. The Hall–Kier alpha value is -2.36. The maximum atomic E-state index is 12.0. The van der Waals surface area contributed by atoms with Crippen molar-refractivity contribution in [3.63, 3.8) is 0 Å². The van der Waals surface area contributed by atoms with Crippen molar-refractivity contribution in [1.29, 1.82) is 0 Å². The lowest BCUT2D eigenvalue weighted by atomic mass is 10.1. The Bertz CT molecular complexity index is 646. The van der Waals surface area contributed by atoms with Crippen molar-refractivity contribution < 1.29 is 33.8 Å². The van der Waals surface area contributed by atoms with Gasteiger partial charge in [0.25, 0.3) is 0 Å². The molecule has 0 aromatic carbocycles. The van der Waals surface area contributed by atoms with Gasteiger partial charge in [0.1, 0.15) is 12.0 Å². The molecule has 0 aromatic rings. The summed E-state index contributed by atoms with van der Waals surface area (Å²) in [7, 11) is 0. The van der Waals surface area contributed by atoms with E-state index >= 15 is 0 Å². The number of esters is 1. The highest BCUT2D eigenvalue weighted by Gasteiger charge is 2.47. The van der Waals surface area contributed by atoms with E-state index < -0.39 is 24.1 Å². The average Bonchev–Trinajstić information content (AvgIpc) is 2.52. The van der Waals surface area contributed by atoms with Gasteiger partial charge in [0, 0.05) is 31.1 Å². The van der Waals surface area contributed by atoms with Crippen LogP contribution in [0.3, 0.4) is 0 Å². The predicted molar refractivity (Wildman–Crippen MR) is 86.0 cm³/mol. The summed E-state index contributed by atoms with van der Waals surface area (Å²) in [5.41, 5.74) is -0.0971. The number of thioether (sulfide) groups is 1. The second-order valence-corrected chi connectivity index (χ2v) is 6.69. The molecular weight excluding hydrogens is 352 g/mol. The fourth-order valence-electron chi connectivity index (χ4n) is 2.56. The zero-order valence-electron chi connectivity index (χ0n) is 13.5. The average molecular weight is 370 g/mol. The quantitative estimate of drug-likeness (QED) is 0.201. The molecule has 0 spiro atoms. The van der Waals surface area contributed by atoms with Crippen LogP contribution in [-0.4, -0.2) is 57.4 Å². The number of rotatable bonds is 8. The number of carbonyl (C=O) groups is 5. The van der Waals surface area contributed by atoms with Gasteiger partial charge in [-0.05, 0) is 6.42 Å². The van der Waals surface area contributed by atoms with Gasteiger partial charge in [0.15, 0.2) is 0 Å². The van der Waals surface area contributed by atoms with Crippen LogP contribution in [0.15, 0.2) is 11.3 Å². The molecule has 0 radical (unpaired) electrons. The van der Waals surface area contributed by atoms with Gasteiger partial charge in [-0.2, -0.15) is 0 Å². The fourth-order valence-corrected chi connectivity index (χ4v) is 3.85. The van der Waals surface area contributed by atoms with Crippen molar-refractivity contribution in [2.75, 3.05) is 5.75 Å². The monoisotopic (exact) mass is 370 g/mol. The van der Waals surface area contributed by atoms with E-state index in [1.807, 2.05) is 0 Å². The molecule has 10 heteroatoms. The molecule has 1 unspecified atom stereocenters. The topological polar surface area (TPSA) is 130 Å². The molecule has 0 saturated carbocycles. The molecule has 25 heavy (non-hydrogen) atoms. The molecule has 2 aliphatic heterocycles. The van der Waals surface area contributed by atoms with Gasteiger partial charge in [-0.1, -0.05) is 0 Å². The number of hydrogen-bond acceptors (Lipinski definition) is 7. The number of β-lactam (4-membered cyclic amide) rings is 1. The third-order valence-corrected chi connectivity index (χ3v) is 4.94. The number of unbranched alkanes of at least 4 members (excludes halogenated alkanes) is 1. The number of carboxylic acids is 1. The lowest BCUT2D eigenvalue weighted by molar-refractivity contribution is -0.149. The molecular formula is C15H18N2O7S. The van der Waals surface area contributed by atoms with Gasteiger partial charge in [0.05, 0.1) is 11.8 Å². The highest BCUT2D eigenvalue weighted by atomic mass is 32.2. The Kier molecular flexibility index (Phi) is 6.18. The minimum Gasteiger partial charge on any atom is -0.477 e. The van der Waals surface area contributed by atoms with E-state index in [0.29, 0.717) is 12.7 Å². The lowest BCUT2D eigenvalue weighted by Gasteiger charge is -2.44. The van der Waals surface area contributed by atoms with Crippen LogP contribution in [0.25, 0.3) is 0 Å². The van der Waals surface area contributed by atoms with Crippen LogP contribution in [0.1, 0.15) is 32.6 Å². The van der Waals surface area contributed by atoms with E-state index in [1.165, 1.54) is 11.8 Å². The number of hydrogen-bond donors (Lipinski definition) is 2. The first-order valence-electron chi connectivity index (χ1n) is 7.65. The van der Waals surface area contributed by atoms with Crippen molar-refractivity contribution in [3.8, 4) is 0 Å². The molecule has 0 bridgehead atoms. The maximum absolute atomic E-state index is 12.0. The van der Waals surface area contributed by atoms with Crippen molar-refractivity contribution >= 4 is 41.8 Å². The molecule has 2 aliphatic rings. The largest absolute Gasteiger partial charge is 0.477 e. The Balaban J connectivity index is 2.24. The standard InChI is InChI=1S/C15H18N2O7S/c1-8(19)24-14(16-10(20)4-2-3-5-18)9-7-25-12-6-11(21)17(12)13(9)15(22)23/h5,12,14H,2-4,6-7H2,1H3,(H,16,20)(H,22,23)/t12-,14?/m1/s1. The Morgan fingerprint density at radius 2 is 2.20 bits per heavy atom. The molecule has 2 rings (SSSR count). The Morgan fingerprint density at radius 3 is 2.76 bits per heavy atom. The molecule has 1 saturated heterocycles. The summed E-state index contributed by atoms with van der Waals surface area (Å²) in [6, 6.07) is 0. The molecule has 2 atom stereocenters. The summed E-state index contributed by atoms with van der Waals surface area (Å²) in [6.45, 7) is 1.14. The minimum atomic E-state index is -1.32. The summed E-state index contributed by atoms with van der Waals surface area (Å²) >= 11 is 1.34. The third kappa shape index (κ3) is 4.38. The summed E-state index contributed by atoms with van der Waals surface area (Å²) in [6.07, 6.45) is 0.252. The van der Waals surface area contributed by atoms with Gasteiger partial charge in [-0.15, -0.1) is 11.8 Å². The van der Waals surface area contributed by atoms with E-state index in [9.17, 15) is 29.1 Å². The van der Waals surface area contributed by atoms with Crippen LogP contribution >= 0.6 is 11.8 Å². The predicted octanol–water partition coefficient (Wildman–Crippen LogP) is 0.00490. The van der Waals surface area contributed by atoms with Crippen molar-refractivity contribution in [1.82, 2.24) is 10.2 Å². The lowest BCUT2D eigenvalue weighted by Crippen LogP contribution is -2.56. The van der Waals surface area contributed by atoms with Crippen LogP contribution in [0.2, 0.25) is 0 Å². The Labute approximate surface area is 147 Å². The number of fused-ring (bicyclic) bond motifs is 1. The summed E-state index contributed by atoms with van der Waals surface area (Å²) in [5.74, 6) is -2.61. The number of ether oxygens (including phenoxy) is 1. The molecule has 0 aromatic heterocycles. The normalized spacial score (nSPS) is 20.3. The van der Waals surface area contributed by atoms with Crippen LogP contribution in [-0.2, 0) is 28.7 Å². The molecule has 9 nitrogen and oxygen atoms in total. The fraction of sp³-hybridized carbons (Fsp3) is 0.533. The first kappa shape index (κ1) is 19.0. The van der Waals surface area contributed by atoms with Gasteiger partial charge >= 0.3 is 11.9 Å². The van der Waals surface area contributed by atoms with E-state index in [1.54, 1.807) is 0 Å². The molecule has 0 aliphatic carbocycles. The Morgan fingerprint density at radius 1 is 1.48 bits per heavy atom. The van der Waals surface area contributed by atoms with E-state index in [4.69, 9.17) is 4.74 Å². The van der Waals surface area contributed by atoms with Crippen LogP contribution in [0.4, 0.5) is 0 Å². The number of nitrogens with one attached hydrogen (secondary N) is 1. The van der Waals surface area contributed by atoms with E-state index in [0.717, 1.165) is 11.8 Å². The highest BCUT2D eigenvalue weighted by molar-refractivity contribution is 8.00. The molecule has 2 heterocycles. The molecule has 2 N–H and O–H groups in total. The van der Waals surface area contributed by atoms with Crippen molar-refractivity contribution in [2.45, 2.75) is 44.2 Å². The minimum absolute atomic E-state index is 0.0323. The number of amides is 2. The molecule has 136 valence electrons. The van der Waals surface area contributed by atoms with E-state index in [2.05, 4.69) is 5.32 Å². The number of aliphatic carboxylic acids is 1. The number of carboxylic acid groups (broad SMARTS) is 1. The van der Waals surface area contributed by atoms with Crippen LogP contribution in [0.5, 0.6) is 0 Å². The summed E-state index contributed by atoms with van der Waals surface area (Å²) in [4.78, 5) is 58.2. The van der Waals surface area contributed by atoms with Crippen molar-refractivity contribution in [3.05, 3.63) is 11.3 Å². The first-order chi connectivity index (χ1) is 11.8. The van der Waals surface area contributed by atoms with Crippen molar-refractivity contribution in [2.24, 2.45) is 0 Å². The molecule has 2 amide bonds. The maximum Gasteiger partial charge on any atom is 0.352 e. The van der Waals surface area contributed by atoms with Gasteiger partial charge < -0.3 is 20.0 Å². The summed E-state index contributed by atoms with van der Waals surface area (Å²) in [5, 5.41) is 11.7. The zero-order valence-corrected chi connectivity index (χ0v) is 14.3. The second kappa shape index (κ2) is 8.15. The number of carbonyl (C=O) groups excluding carboxylic acids is 4. The second-order valence-electron chi connectivity index (χ2n) is 5.53. The van der Waals surface area contributed by atoms with Gasteiger partial charge in [-0.3, -0.25) is 19.3 Å². The molecule has 1 fully saturated rings. The smallest absolute Gasteiger partial charge is 0.352 e. The zero-order chi connectivity index (χ0) is 18.6. The highest BCUT2D eigenvalue weighted by Crippen LogP contribution is 2.40. The number of aldehydes is 1. The van der Waals surface area contributed by atoms with Crippen LogP contribution < -0.4 is 5.32 Å². The number of nitrogens with zero attached hydrogens (tertiary/aromatic N) is 1. The first-order valence-corrected chi connectivity index (χ1v) is 8.70. The summed E-state index contributed by atoms with van der Waals surface area (Å²) < 4.78 is 5.08.